The number of hydrogen-bond acceptors (Lipinski definition) is 2. The Morgan fingerprint density at radius 3 is 1.33 bits per heavy atom. The van der Waals surface area contributed by atoms with Crippen LogP contribution in [-0.2, 0) is 0 Å². The van der Waals surface area contributed by atoms with Crippen LogP contribution in [0, 0.1) is 0 Å². The maximum absolute atomic E-state index is 2.58. The molecule has 0 aromatic heterocycles. The van der Waals surface area contributed by atoms with Crippen LogP contribution in [0.4, 0.5) is 0 Å². The third-order valence-electron chi connectivity index (χ3n) is 3.61. The summed E-state index contributed by atoms with van der Waals surface area (Å²) in [5.41, 5.74) is 0. The maximum atomic E-state index is 2.58. The molecule has 0 spiro atoms. The summed E-state index contributed by atoms with van der Waals surface area (Å²) in [5, 5.41) is 5.06. The number of rotatable bonds is 13. The minimum absolute atomic E-state index is 1.23. The van der Waals surface area contributed by atoms with Gasteiger partial charge in [-0.2, -0.15) is 0 Å². The summed E-state index contributed by atoms with van der Waals surface area (Å²) in [4.78, 5) is 0. The first kappa shape index (κ1) is 17.9. The third-order valence-corrected chi connectivity index (χ3v) is 3.61. The smallest absolute Gasteiger partial charge is 0.0133 e. The van der Waals surface area contributed by atoms with Gasteiger partial charge in [-0.15, -0.1) is 0 Å². The molecule has 0 amide bonds. The molecule has 110 valence electrons. The van der Waals surface area contributed by atoms with Gasteiger partial charge in [0.2, 0.25) is 0 Å². The van der Waals surface area contributed by atoms with Crippen LogP contribution in [0.25, 0.3) is 0 Å². The monoisotopic (exact) mass is 256 g/mol. The lowest BCUT2D eigenvalue weighted by Crippen LogP contribution is -2.41. The quantitative estimate of drug-likeness (QED) is 0.348. The standard InChI is InChI=1S/C16H36N2/c1-5-8-11-14-17(4)18(15-12-9-6-2)16-13-10-7-3/h5-16H2,1-4H3. The van der Waals surface area contributed by atoms with Gasteiger partial charge in [0.05, 0.1) is 0 Å². The van der Waals surface area contributed by atoms with E-state index in [1.807, 2.05) is 0 Å². The predicted octanol–water partition coefficient (Wildman–Crippen LogP) is 4.71. The third kappa shape index (κ3) is 9.90. The van der Waals surface area contributed by atoms with E-state index in [4.69, 9.17) is 0 Å². The Morgan fingerprint density at radius 1 is 0.556 bits per heavy atom. The summed E-state index contributed by atoms with van der Waals surface area (Å²) in [6, 6.07) is 0. The van der Waals surface area contributed by atoms with Gasteiger partial charge in [0.25, 0.3) is 0 Å². The van der Waals surface area contributed by atoms with Gasteiger partial charge in [0, 0.05) is 26.7 Å². The highest BCUT2D eigenvalue weighted by Gasteiger charge is 2.09. The Labute approximate surface area is 116 Å². The van der Waals surface area contributed by atoms with Crippen molar-refractivity contribution >= 4 is 0 Å². The van der Waals surface area contributed by atoms with Crippen LogP contribution in [0.5, 0.6) is 0 Å². The maximum Gasteiger partial charge on any atom is 0.0133 e. The van der Waals surface area contributed by atoms with Crippen molar-refractivity contribution in [2.24, 2.45) is 0 Å². The van der Waals surface area contributed by atoms with E-state index in [0.29, 0.717) is 0 Å². The van der Waals surface area contributed by atoms with Gasteiger partial charge in [-0.05, 0) is 19.3 Å². The van der Waals surface area contributed by atoms with E-state index in [2.05, 4.69) is 37.8 Å². The molecular formula is C16H36N2. The van der Waals surface area contributed by atoms with Gasteiger partial charge >= 0.3 is 0 Å². The number of unbranched alkanes of at least 4 members (excludes halogenated alkanes) is 6. The largest absolute Gasteiger partial charge is 0.245 e. The summed E-state index contributed by atoms with van der Waals surface area (Å²) in [6.07, 6.45) is 12.1. The SMILES string of the molecule is CCCCCN(C)N(CCCCC)CCCCC. The molecule has 0 aliphatic rings. The van der Waals surface area contributed by atoms with Gasteiger partial charge in [0.15, 0.2) is 0 Å². The molecule has 0 aromatic rings. The topological polar surface area (TPSA) is 6.48 Å². The van der Waals surface area contributed by atoms with E-state index in [0.717, 1.165) is 0 Å². The Kier molecular flexibility index (Phi) is 13.3. The zero-order chi connectivity index (χ0) is 13.6. The van der Waals surface area contributed by atoms with Crippen LogP contribution < -0.4 is 0 Å². The molecule has 18 heavy (non-hydrogen) atoms. The molecule has 0 atom stereocenters. The van der Waals surface area contributed by atoms with Crippen molar-refractivity contribution < 1.29 is 0 Å². The van der Waals surface area contributed by atoms with Gasteiger partial charge in [-0.3, -0.25) is 0 Å². The predicted molar refractivity (Wildman–Crippen MR) is 82.8 cm³/mol. The van der Waals surface area contributed by atoms with Gasteiger partial charge in [-0.25, -0.2) is 10.0 Å². The fraction of sp³-hybridized carbons (Fsp3) is 1.00. The Hall–Kier alpha value is -0.0800. The van der Waals surface area contributed by atoms with Crippen LogP contribution in [0.1, 0.15) is 78.6 Å². The molecule has 0 saturated carbocycles. The molecule has 0 radical (unpaired) electrons. The molecule has 0 aliphatic carbocycles. The van der Waals surface area contributed by atoms with Crippen molar-refractivity contribution in [2.45, 2.75) is 78.6 Å². The molecule has 0 heterocycles. The van der Waals surface area contributed by atoms with Crippen LogP contribution in [-0.4, -0.2) is 36.7 Å². The first-order valence-electron chi connectivity index (χ1n) is 8.22. The summed E-state index contributed by atoms with van der Waals surface area (Å²) in [6.45, 7) is 10.6. The second-order valence-corrected chi connectivity index (χ2v) is 5.46. The number of nitrogens with zero attached hydrogens (tertiary/aromatic N) is 2. The average molecular weight is 256 g/mol. The molecule has 0 rings (SSSR count). The minimum atomic E-state index is 1.23. The Morgan fingerprint density at radius 2 is 0.944 bits per heavy atom. The number of hydrogen-bond donors (Lipinski definition) is 0. The van der Waals surface area contributed by atoms with E-state index in [1.165, 1.54) is 77.4 Å². The van der Waals surface area contributed by atoms with Crippen LogP contribution in [0.15, 0.2) is 0 Å². The average Bonchev–Trinajstić information content (AvgIpc) is 2.37. The Balaban J connectivity index is 3.90. The normalized spacial score (nSPS) is 11.7. The fourth-order valence-electron chi connectivity index (χ4n) is 2.27. The summed E-state index contributed by atoms with van der Waals surface area (Å²) >= 11 is 0. The van der Waals surface area contributed by atoms with Crippen molar-refractivity contribution in [3.8, 4) is 0 Å². The summed E-state index contributed by atoms with van der Waals surface area (Å²) in [7, 11) is 2.27. The molecule has 2 heteroatoms. The van der Waals surface area contributed by atoms with Crippen LogP contribution in [0.2, 0.25) is 0 Å². The molecule has 0 fully saturated rings. The fourth-order valence-corrected chi connectivity index (χ4v) is 2.27. The van der Waals surface area contributed by atoms with E-state index >= 15 is 0 Å². The lowest BCUT2D eigenvalue weighted by atomic mass is 10.2. The highest BCUT2D eigenvalue weighted by atomic mass is 15.6. The van der Waals surface area contributed by atoms with Crippen LogP contribution >= 0.6 is 0 Å². The molecule has 0 aliphatic heterocycles. The van der Waals surface area contributed by atoms with Crippen LogP contribution in [0.3, 0.4) is 0 Å². The highest BCUT2D eigenvalue weighted by molar-refractivity contribution is 4.57. The molecule has 0 saturated heterocycles. The molecule has 0 unspecified atom stereocenters. The Bertz CT molecular complexity index is 149. The minimum Gasteiger partial charge on any atom is -0.245 e. The molecule has 2 nitrogen and oxygen atoms in total. The van der Waals surface area contributed by atoms with Crippen molar-refractivity contribution in [1.82, 2.24) is 10.0 Å². The van der Waals surface area contributed by atoms with Crippen molar-refractivity contribution in [3.63, 3.8) is 0 Å². The molecular weight excluding hydrogens is 220 g/mol. The highest BCUT2D eigenvalue weighted by Crippen LogP contribution is 2.07. The van der Waals surface area contributed by atoms with Crippen molar-refractivity contribution in [2.75, 3.05) is 26.7 Å². The van der Waals surface area contributed by atoms with Gasteiger partial charge in [-0.1, -0.05) is 59.3 Å². The number of hydrazine groups is 1. The molecule has 0 aromatic carbocycles. The molecule has 0 N–H and O–H groups in total. The summed E-state index contributed by atoms with van der Waals surface area (Å²) in [5.74, 6) is 0. The lowest BCUT2D eigenvalue weighted by Gasteiger charge is -2.32. The van der Waals surface area contributed by atoms with E-state index in [-0.39, 0.29) is 0 Å². The molecule has 0 bridgehead atoms. The first-order chi connectivity index (χ1) is 8.76. The first-order valence-corrected chi connectivity index (χ1v) is 8.22. The second-order valence-electron chi connectivity index (χ2n) is 5.46. The van der Waals surface area contributed by atoms with Crippen molar-refractivity contribution in [1.29, 1.82) is 0 Å². The van der Waals surface area contributed by atoms with E-state index in [9.17, 15) is 0 Å². The second kappa shape index (κ2) is 13.4. The zero-order valence-electron chi connectivity index (χ0n) is 13.4. The van der Waals surface area contributed by atoms with Crippen molar-refractivity contribution in [3.05, 3.63) is 0 Å². The summed E-state index contributed by atoms with van der Waals surface area (Å²) < 4.78 is 0. The van der Waals surface area contributed by atoms with E-state index in [1.54, 1.807) is 0 Å². The lowest BCUT2D eigenvalue weighted by molar-refractivity contribution is -0.00471. The van der Waals surface area contributed by atoms with Gasteiger partial charge in [0.1, 0.15) is 0 Å². The van der Waals surface area contributed by atoms with E-state index < -0.39 is 0 Å². The van der Waals surface area contributed by atoms with Gasteiger partial charge < -0.3 is 0 Å². The zero-order valence-corrected chi connectivity index (χ0v) is 13.4.